The second kappa shape index (κ2) is 4.85. The smallest absolute Gasteiger partial charge is 0.308 e. The molecule has 0 aromatic heterocycles. The van der Waals surface area contributed by atoms with Gasteiger partial charge in [0.05, 0.1) is 19.1 Å². The largest absolute Gasteiger partial charge is 0.481 e. The summed E-state index contributed by atoms with van der Waals surface area (Å²) in [5.41, 5.74) is 0. The molecule has 4 nitrogen and oxygen atoms in total. The standard InChI is InChI=1S/C9H15F2NO3/c1-15-3-2-12-5-7(8(13)14)4-9(10,11)6-12/h7H,2-6H2,1H3,(H,13,14). The van der Waals surface area contributed by atoms with E-state index in [1.54, 1.807) is 0 Å². The van der Waals surface area contributed by atoms with Crippen LogP contribution in [0.4, 0.5) is 8.78 Å². The van der Waals surface area contributed by atoms with E-state index in [-0.39, 0.29) is 13.1 Å². The predicted molar refractivity (Wildman–Crippen MR) is 49.0 cm³/mol. The van der Waals surface area contributed by atoms with Gasteiger partial charge in [0.15, 0.2) is 0 Å². The van der Waals surface area contributed by atoms with Crippen LogP contribution in [-0.4, -0.2) is 55.2 Å². The molecule has 1 aliphatic heterocycles. The maximum Gasteiger partial charge on any atom is 0.308 e. The Bertz CT molecular complexity index is 235. The Morgan fingerprint density at radius 1 is 1.67 bits per heavy atom. The van der Waals surface area contributed by atoms with E-state index >= 15 is 0 Å². The quantitative estimate of drug-likeness (QED) is 0.761. The number of aliphatic carboxylic acids is 1. The van der Waals surface area contributed by atoms with E-state index in [2.05, 4.69) is 0 Å². The van der Waals surface area contributed by atoms with Crippen LogP contribution in [0.2, 0.25) is 0 Å². The number of alkyl halides is 2. The predicted octanol–water partition coefficient (Wildman–Crippen LogP) is 0.675. The van der Waals surface area contributed by atoms with E-state index in [1.807, 2.05) is 0 Å². The first-order valence-corrected chi connectivity index (χ1v) is 4.76. The van der Waals surface area contributed by atoms with Crippen molar-refractivity contribution in [3.63, 3.8) is 0 Å². The first-order chi connectivity index (χ1) is 6.94. The molecule has 1 N–H and O–H groups in total. The van der Waals surface area contributed by atoms with Crippen molar-refractivity contribution in [2.75, 3.05) is 33.4 Å². The number of hydrogen-bond donors (Lipinski definition) is 1. The van der Waals surface area contributed by atoms with Gasteiger partial charge in [-0.3, -0.25) is 9.69 Å². The minimum absolute atomic E-state index is 0.175. The van der Waals surface area contributed by atoms with Gasteiger partial charge in [0.1, 0.15) is 0 Å². The molecule has 0 aromatic rings. The third-order valence-corrected chi connectivity index (χ3v) is 2.44. The Hall–Kier alpha value is -0.750. The molecule has 1 unspecified atom stereocenters. The summed E-state index contributed by atoms with van der Waals surface area (Å²) in [5.74, 6) is -5.04. The molecule has 1 heterocycles. The summed E-state index contributed by atoms with van der Waals surface area (Å²) in [6, 6.07) is 0. The third kappa shape index (κ3) is 3.71. The topological polar surface area (TPSA) is 49.8 Å². The summed E-state index contributed by atoms with van der Waals surface area (Å²) in [4.78, 5) is 12.1. The van der Waals surface area contributed by atoms with Crippen LogP contribution >= 0.6 is 0 Å². The molecule has 1 aliphatic rings. The molecule has 15 heavy (non-hydrogen) atoms. The van der Waals surface area contributed by atoms with Crippen molar-refractivity contribution >= 4 is 5.97 Å². The average Bonchev–Trinajstić information content (AvgIpc) is 2.12. The summed E-state index contributed by atoms with van der Waals surface area (Å²) >= 11 is 0. The first-order valence-electron chi connectivity index (χ1n) is 4.76. The second-order valence-electron chi connectivity index (χ2n) is 3.82. The lowest BCUT2D eigenvalue weighted by atomic mass is 9.95. The Morgan fingerprint density at radius 2 is 2.33 bits per heavy atom. The van der Waals surface area contributed by atoms with E-state index in [0.29, 0.717) is 13.2 Å². The molecule has 1 rings (SSSR count). The lowest BCUT2D eigenvalue weighted by Crippen LogP contribution is -2.49. The van der Waals surface area contributed by atoms with Gasteiger partial charge in [-0.25, -0.2) is 8.78 Å². The molecule has 0 amide bonds. The highest BCUT2D eigenvalue weighted by Crippen LogP contribution is 2.30. The van der Waals surface area contributed by atoms with Gasteiger partial charge in [0, 0.05) is 26.6 Å². The number of carboxylic acid groups (broad SMARTS) is 1. The number of carboxylic acids is 1. The van der Waals surface area contributed by atoms with Crippen molar-refractivity contribution in [3.8, 4) is 0 Å². The molecule has 0 spiro atoms. The fraction of sp³-hybridized carbons (Fsp3) is 0.889. The lowest BCUT2D eigenvalue weighted by Gasteiger charge is -2.35. The molecule has 1 atom stereocenters. The van der Waals surface area contributed by atoms with Gasteiger partial charge in [0.25, 0.3) is 5.92 Å². The van der Waals surface area contributed by atoms with E-state index in [9.17, 15) is 13.6 Å². The van der Waals surface area contributed by atoms with Crippen molar-refractivity contribution in [2.45, 2.75) is 12.3 Å². The van der Waals surface area contributed by atoms with Crippen LogP contribution in [0.25, 0.3) is 0 Å². The number of nitrogens with zero attached hydrogens (tertiary/aromatic N) is 1. The van der Waals surface area contributed by atoms with Crippen LogP contribution in [0.1, 0.15) is 6.42 Å². The van der Waals surface area contributed by atoms with Crippen LogP contribution in [0.15, 0.2) is 0 Å². The monoisotopic (exact) mass is 223 g/mol. The number of ether oxygens (including phenoxy) is 1. The summed E-state index contributed by atoms with van der Waals surface area (Å²) in [6.45, 7) is 0.479. The molecule has 1 fully saturated rings. The van der Waals surface area contributed by atoms with Crippen LogP contribution in [0, 0.1) is 5.92 Å². The third-order valence-electron chi connectivity index (χ3n) is 2.44. The highest BCUT2D eigenvalue weighted by atomic mass is 19.3. The molecule has 0 aliphatic carbocycles. The molecule has 88 valence electrons. The number of piperidine rings is 1. The van der Waals surface area contributed by atoms with Gasteiger partial charge >= 0.3 is 5.97 Å². The van der Waals surface area contributed by atoms with Gasteiger partial charge in [-0.05, 0) is 0 Å². The summed E-state index contributed by atoms with van der Waals surface area (Å²) in [7, 11) is 1.48. The number of hydrogen-bond acceptors (Lipinski definition) is 3. The number of halogens is 2. The highest BCUT2D eigenvalue weighted by molar-refractivity contribution is 5.70. The number of rotatable bonds is 4. The highest BCUT2D eigenvalue weighted by Gasteiger charge is 2.42. The van der Waals surface area contributed by atoms with Gasteiger partial charge in [-0.1, -0.05) is 0 Å². The molecule has 1 saturated heterocycles. The zero-order chi connectivity index (χ0) is 11.5. The number of methoxy groups -OCH3 is 1. The van der Waals surface area contributed by atoms with Gasteiger partial charge in [-0.15, -0.1) is 0 Å². The first kappa shape index (κ1) is 12.3. The van der Waals surface area contributed by atoms with Crippen LogP contribution in [0.5, 0.6) is 0 Å². The lowest BCUT2D eigenvalue weighted by molar-refractivity contribution is -0.153. The van der Waals surface area contributed by atoms with E-state index in [0.717, 1.165) is 0 Å². The number of carbonyl (C=O) groups is 1. The maximum atomic E-state index is 13.1. The van der Waals surface area contributed by atoms with Crippen molar-refractivity contribution in [1.82, 2.24) is 4.90 Å². The Morgan fingerprint density at radius 3 is 2.87 bits per heavy atom. The summed E-state index contributed by atoms with van der Waals surface area (Å²) < 4.78 is 31.1. The molecular formula is C9H15F2NO3. The summed E-state index contributed by atoms with van der Waals surface area (Å²) in [5, 5.41) is 8.72. The van der Waals surface area contributed by atoms with E-state index in [4.69, 9.17) is 9.84 Å². The molecule has 0 saturated carbocycles. The fourth-order valence-corrected chi connectivity index (χ4v) is 1.75. The Labute approximate surface area is 86.8 Å². The van der Waals surface area contributed by atoms with Crippen molar-refractivity contribution in [3.05, 3.63) is 0 Å². The molecule has 6 heteroatoms. The Kier molecular flexibility index (Phi) is 3.98. The Balaban J connectivity index is 2.55. The second-order valence-corrected chi connectivity index (χ2v) is 3.82. The van der Waals surface area contributed by atoms with Crippen LogP contribution in [0.3, 0.4) is 0 Å². The molecule has 0 bridgehead atoms. The van der Waals surface area contributed by atoms with Crippen molar-refractivity contribution < 1.29 is 23.4 Å². The van der Waals surface area contributed by atoms with Crippen LogP contribution < -0.4 is 0 Å². The minimum Gasteiger partial charge on any atom is -0.481 e. The summed E-state index contributed by atoms with van der Waals surface area (Å²) in [6.07, 6.45) is -0.564. The molecule has 0 aromatic carbocycles. The zero-order valence-corrected chi connectivity index (χ0v) is 8.58. The maximum absolute atomic E-state index is 13.1. The molecule has 0 radical (unpaired) electrons. The number of likely N-dealkylation sites (tertiary alicyclic amines) is 1. The van der Waals surface area contributed by atoms with Gasteiger partial charge in [0.2, 0.25) is 0 Å². The average molecular weight is 223 g/mol. The van der Waals surface area contributed by atoms with Crippen molar-refractivity contribution in [1.29, 1.82) is 0 Å². The molecular weight excluding hydrogens is 208 g/mol. The fourth-order valence-electron chi connectivity index (χ4n) is 1.75. The SMILES string of the molecule is COCCN1CC(C(=O)O)CC(F)(F)C1. The van der Waals surface area contributed by atoms with Gasteiger partial charge < -0.3 is 9.84 Å². The normalized spacial score (nSPS) is 26.5. The van der Waals surface area contributed by atoms with E-state index < -0.39 is 24.2 Å². The zero-order valence-electron chi connectivity index (χ0n) is 8.58. The van der Waals surface area contributed by atoms with Crippen molar-refractivity contribution in [2.24, 2.45) is 5.92 Å². The van der Waals surface area contributed by atoms with Gasteiger partial charge in [-0.2, -0.15) is 0 Å². The van der Waals surface area contributed by atoms with E-state index in [1.165, 1.54) is 12.0 Å². The van der Waals surface area contributed by atoms with Crippen LogP contribution in [-0.2, 0) is 9.53 Å². The minimum atomic E-state index is -2.91.